The quantitative estimate of drug-likeness (QED) is 0.360. The minimum atomic E-state index is 0. The number of hydrogen-bond acceptors (Lipinski definition) is 4. The minimum Gasteiger partial charge on any atom is -0.355 e. The Balaban J connectivity index is 0.00000225. The standard InChI is InChI=1S/C18H36N6.HI/c1-14-12-24(16-5-6-16)13-17(14)21-18(19-3)20-11-15(2)23-9-7-22(4)8-10-23;/h14-17H,5-13H2,1-4H3,(H2,19,20,21);1H. The molecule has 3 fully saturated rings. The van der Waals surface area contributed by atoms with E-state index in [4.69, 9.17) is 0 Å². The van der Waals surface area contributed by atoms with E-state index in [0.717, 1.165) is 18.5 Å². The number of nitrogens with one attached hydrogen (secondary N) is 2. The van der Waals surface area contributed by atoms with Crippen LogP contribution in [0, 0.1) is 5.92 Å². The molecule has 25 heavy (non-hydrogen) atoms. The fraction of sp³-hybridized carbons (Fsp3) is 0.944. The highest BCUT2D eigenvalue weighted by molar-refractivity contribution is 14.0. The van der Waals surface area contributed by atoms with Crippen molar-refractivity contribution in [1.29, 1.82) is 0 Å². The number of aliphatic imine (C=N–C) groups is 1. The molecular weight excluding hydrogens is 427 g/mol. The molecule has 2 heterocycles. The molecule has 2 N–H and O–H groups in total. The van der Waals surface area contributed by atoms with Gasteiger partial charge in [0.05, 0.1) is 0 Å². The monoisotopic (exact) mass is 464 g/mol. The number of rotatable bonds is 5. The topological polar surface area (TPSA) is 46.1 Å². The smallest absolute Gasteiger partial charge is 0.191 e. The Morgan fingerprint density at radius 3 is 2.44 bits per heavy atom. The van der Waals surface area contributed by atoms with Crippen molar-refractivity contribution in [3.63, 3.8) is 0 Å². The Labute approximate surface area is 170 Å². The molecule has 0 aromatic rings. The highest BCUT2D eigenvalue weighted by Gasteiger charge is 2.38. The summed E-state index contributed by atoms with van der Waals surface area (Å²) in [4.78, 5) is 12.1. The Kier molecular flexibility index (Phi) is 8.23. The van der Waals surface area contributed by atoms with E-state index in [-0.39, 0.29) is 24.0 Å². The predicted octanol–water partition coefficient (Wildman–Crippen LogP) is 0.888. The Bertz CT molecular complexity index is 433. The van der Waals surface area contributed by atoms with E-state index in [0.29, 0.717) is 18.0 Å². The highest BCUT2D eigenvalue weighted by atomic mass is 127. The molecule has 3 atom stereocenters. The molecule has 3 unspecified atom stereocenters. The van der Waals surface area contributed by atoms with Gasteiger partial charge in [-0.3, -0.25) is 14.8 Å². The molecule has 1 aliphatic carbocycles. The molecule has 0 aromatic carbocycles. The zero-order valence-corrected chi connectivity index (χ0v) is 18.7. The summed E-state index contributed by atoms with van der Waals surface area (Å²) in [5.74, 6) is 1.66. The molecule has 1 saturated carbocycles. The molecule has 146 valence electrons. The van der Waals surface area contributed by atoms with Gasteiger partial charge in [0.25, 0.3) is 0 Å². The number of halogens is 1. The number of likely N-dealkylation sites (tertiary alicyclic amines) is 1. The van der Waals surface area contributed by atoms with E-state index in [2.05, 4.69) is 51.2 Å². The summed E-state index contributed by atoms with van der Waals surface area (Å²) in [7, 11) is 4.09. The summed E-state index contributed by atoms with van der Waals surface area (Å²) in [5, 5.41) is 7.21. The van der Waals surface area contributed by atoms with Crippen molar-refractivity contribution < 1.29 is 0 Å². The number of piperazine rings is 1. The fourth-order valence-electron chi connectivity index (χ4n) is 3.94. The van der Waals surface area contributed by atoms with Crippen LogP contribution in [0.25, 0.3) is 0 Å². The molecule has 2 aliphatic heterocycles. The first-order valence-electron chi connectivity index (χ1n) is 9.70. The second-order valence-electron chi connectivity index (χ2n) is 8.05. The normalized spacial score (nSPS) is 30.8. The van der Waals surface area contributed by atoms with Gasteiger partial charge in [0.2, 0.25) is 0 Å². The molecule has 0 spiro atoms. The third-order valence-corrected chi connectivity index (χ3v) is 5.98. The minimum absolute atomic E-state index is 0. The molecule has 7 heteroatoms. The maximum absolute atomic E-state index is 4.45. The van der Waals surface area contributed by atoms with Gasteiger partial charge in [0.15, 0.2) is 5.96 Å². The summed E-state index contributed by atoms with van der Waals surface area (Å²) >= 11 is 0. The zero-order valence-electron chi connectivity index (χ0n) is 16.4. The van der Waals surface area contributed by atoms with Crippen LogP contribution in [-0.2, 0) is 0 Å². The van der Waals surface area contributed by atoms with Crippen LogP contribution in [0.2, 0.25) is 0 Å². The largest absolute Gasteiger partial charge is 0.355 e. The van der Waals surface area contributed by atoms with Gasteiger partial charge in [0.1, 0.15) is 0 Å². The second-order valence-corrected chi connectivity index (χ2v) is 8.05. The van der Waals surface area contributed by atoms with Crippen LogP contribution in [0.1, 0.15) is 26.7 Å². The maximum Gasteiger partial charge on any atom is 0.191 e. The number of hydrogen-bond donors (Lipinski definition) is 2. The molecule has 0 bridgehead atoms. The second kappa shape index (κ2) is 9.71. The van der Waals surface area contributed by atoms with Gasteiger partial charge in [-0.15, -0.1) is 24.0 Å². The highest BCUT2D eigenvalue weighted by Crippen LogP contribution is 2.31. The van der Waals surface area contributed by atoms with Crippen LogP contribution < -0.4 is 10.6 Å². The van der Waals surface area contributed by atoms with E-state index in [1.807, 2.05) is 7.05 Å². The maximum atomic E-state index is 4.45. The van der Waals surface area contributed by atoms with Crippen LogP contribution in [0.4, 0.5) is 0 Å². The molecule has 6 nitrogen and oxygen atoms in total. The summed E-state index contributed by atoms with van der Waals surface area (Å²) in [6.07, 6.45) is 2.80. The van der Waals surface area contributed by atoms with Crippen LogP contribution >= 0.6 is 24.0 Å². The van der Waals surface area contributed by atoms with E-state index in [1.165, 1.54) is 52.1 Å². The zero-order chi connectivity index (χ0) is 17.1. The first kappa shape index (κ1) is 21.2. The van der Waals surface area contributed by atoms with Gasteiger partial charge in [-0.2, -0.15) is 0 Å². The van der Waals surface area contributed by atoms with Gasteiger partial charge in [-0.1, -0.05) is 6.92 Å². The van der Waals surface area contributed by atoms with Crippen molar-refractivity contribution in [3.05, 3.63) is 0 Å². The molecule has 3 aliphatic rings. The summed E-state index contributed by atoms with van der Waals surface area (Å²) in [5.41, 5.74) is 0. The number of nitrogens with zero attached hydrogens (tertiary/aromatic N) is 4. The first-order valence-corrected chi connectivity index (χ1v) is 9.70. The van der Waals surface area contributed by atoms with Crippen molar-refractivity contribution in [1.82, 2.24) is 25.3 Å². The van der Waals surface area contributed by atoms with Crippen molar-refractivity contribution in [3.8, 4) is 0 Å². The lowest BCUT2D eigenvalue weighted by molar-refractivity contribution is 0.120. The lowest BCUT2D eigenvalue weighted by Gasteiger charge is -2.36. The van der Waals surface area contributed by atoms with Gasteiger partial charge in [-0.25, -0.2) is 0 Å². The van der Waals surface area contributed by atoms with Gasteiger partial charge >= 0.3 is 0 Å². The van der Waals surface area contributed by atoms with Crippen molar-refractivity contribution in [2.45, 2.75) is 44.8 Å². The summed E-state index contributed by atoms with van der Waals surface area (Å²) in [6.45, 7) is 12.7. The average molecular weight is 464 g/mol. The van der Waals surface area contributed by atoms with E-state index in [9.17, 15) is 0 Å². The van der Waals surface area contributed by atoms with Crippen molar-refractivity contribution in [2.75, 3.05) is 59.9 Å². The van der Waals surface area contributed by atoms with Gasteiger partial charge < -0.3 is 15.5 Å². The van der Waals surface area contributed by atoms with Crippen LogP contribution in [-0.4, -0.2) is 98.7 Å². The lowest BCUT2D eigenvalue weighted by atomic mass is 10.1. The summed E-state index contributed by atoms with van der Waals surface area (Å²) < 4.78 is 0. The van der Waals surface area contributed by atoms with E-state index >= 15 is 0 Å². The molecular formula is C18H37IN6. The fourth-order valence-corrected chi connectivity index (χ4v) is 3.94. The van der Waals surface area contributed by atoms with Crippen molar-refractivity contribution in [2.24, 2.45) is 10.9 Å². The predicted molar refractivity (Wildman–Crippen MR) is 116 cm³/mol. The summed E-state index contributed by atoms with van der Waals surface area (Å²) in [6, 6.07) is 1.93. The molecule has 0 aromatic heterocycles. The van der Waals surface area contributed by atoms with Crippen LogP contribution in [0.5, 0.6) is 0 Å². The Morgan fingerprint density at radius 2 is 1.84 bits per heavy atom. The number of guanidine groups is 1. The third kappa shape index (κ3) is 5.94. The molecule has 0 amide bonds. The van der Waals surface area contributed by atoms with Gasteiger partial charge in [-0.05, 0) is 32.7 Å². The Morgan fingerprint density at radius 1 is 1.16 bits per heavy atom. The SMILES string of the molecule is CN=C(NCC(C)N1CCN(C)CC1)NC1CN(C2CC2)CC1C.I. The molecule has 2 saturated heterocycles. The first-order chi connectivity index (χ1) is 11.6. The average Bonchev–Trinajstić information content (AvgIpc) is 3.36. The third-order valence-electron chi connectivity index (χ3n) is 5.98. The van der Waals surface area contributed by atoms with E-state index in [1.54, 1.807) is 0 Å². The molecule has 0 radical (unpaired) electrons. The van der Waals surface area contributed by atoms with Crippen LogP contribution in [0.15, 0.2) is 4.99 Å². The lowest BCUT2D eigenvalue weighted by Crippen LogP contribution is -2.53. The number of likely N-dealkylation sites (N-methyl/N-ethyl adjacent to an activating group) is 1. The van der Waals surface area contributed by atoms with Crippen LogP contribution in [0.3, 0.4) is 0 Å². The van der Waals surface area contributed by atoms with Gasteiger partial charge in [0, 0.05) is 71.0 Å². The van der Waals surface area contributed by atoms with E-state index < -0.39 is 0 Å². The Hall–Kier alpha value is -0.120. The molecule has 3 rings (SSSR count). The van der Waals surface area contributed by atoms with Crippen molar-refractivity contribution >= 4 is 29.9 Å².